The van der Waals surface area contributed by atoms with Crippen molar-refractivity contribution in [2.45, 2.75) is 13.0 Å². The van der Waals surface area contributed by atoms with Gasteiger partial charge in [-0.3, -0.25) is 0 Å². The third kappa shape index (κ3) is 1.18. The average molecular weight is 174 g/mol. The summed E-state index contributed by atoms with van der Waals surface area (Å²) in [4.78, 5) is 2.14. The lowest BCUT2D eigenvalue weighted by molar-refractivity contribution is 0.326. The van der Waals surface area contributed by atoms with Crippen molar-refractivity contribution in [3.05, 3.63) is 42.2 Å². The van der Waals surface area contributed by atoms with Gasteiger partial charge in [-0.05, 0) is 18.6 Å². The lowest BCUT2D eigenvalue weighted by Crippen LogP contribution is -2.30. The number of para-hydroxylation sites is 1. The van der Waals surface area contributed by atoms with E-state index in [4.69, 9.17) is 0 Å². The normalized spacial score (nSPS) is 20.9. The molecule has 0 saturated carbocycles. The van der Waals surface area contributed by atoms with Gasteiger partial charge in [0.05, 0.1) is 11.9 Å². The Morgan fingerprint density at radius 2 is 2.08 bits per heavy atom. The second-order valence-electron chi connectivity index (χ2n) is 3.45. The van der Waals surface area contributed by atoms with Crippen molar-refractivity contribution < 1.29 is 0 Å². The molecule has 2 nitrogen and oxygen atoms in total. The molecule has 68 valence electrons. The molecule has 1 aromatic rings. The lowest BCUT2D eigenvalue weighted by Gasteiger charge is -2.36. The third-order valence-electron chi connectivity index (χ3n) is 2.70. The van der Waals surface area contributed by atoms with Gasteiger partial charge in [-0.25, -0.2) is 0 Å². The Morgan fingerprint density at radius 3 is 2.85 bits per heavy atom. The van der Waals surface area contributed by atoms with Crippen LogP contribution in [0.15, 0.2) is 36.7 Å². The highest BCUT2D eigenvalue weighted by Gasteiger charge is 2.21. The SMILES string of the molecule is C=C1Nc2ccccc2C(C)N1C. The molecule has 1 aliphatic rings. The molecule has 0 radical (unpaired) electrons. The molecule has 0 amide bonds. The van der Waals surface area contributed by atoms with Crippen LogP contribution in [-0.2, 0) is 0 Å². The zero-order valence-electron chi connectivity index (χ0n) is 8.04. The van der Waals surface area contributed by atoms with Gasteiger partial charge in [0.2, 0.25) is 0 Å². The lowest BCUT2D eigenvalue weighted by atomic mass is 10.0. The molecular weight excluding hydrogens is 160 g/mol. The van der Waals surface area contributed by atoms with E-state index in [1.807, 2.05) is 6.07 Å². The first kappa shape index (κ1) is 8.17. The second-order valence-corrected chi connectivity index (χ2v) is 3.45. The van der Waals surface area contributed by atoms with E-state index in [9.17, 15) is 0 Å². The van der Waals surface area contributed by atoms with Crippen molar-refractivity contribution >= 4 is 5.69 Å². The van der Waals surface area contributed by atoms with Gasteiger partial charge in [-0.1, -0.05) is 24.8 Å². The molecule has 0 fully saturated rings. The van der Waals surface area contributed by atoms with Crippen LogP contribution in [0.25, 0.3) is 0 Å². The summed E-state index contributed by atoms with van der Waals surface area (Å²) in [5.41, 5.74) is 2.51. The molecule has 1 heterocycles. The number of hydrogen-bond donors (Lipinski definition) is 1. The number of rotatable bonds is 0. The number of fused-ring (bicyclic) bond motifs is 1. The van der Waals surface area contributed by atoms with Gasteiger partial charge < -0.3 is 10.2 Å². The second kappa shape index (κ2) is 2.80. The molecule has 1 N–H and O–H groups in total. The van der Waals surface area contributed by atoms with E-state index >= 15 is 0 Å². The van der Waals surface area contributed by atoms with E-state index in [1.54, 1.807) is 0 Å². The summed E-state index contributed by atoms with van der Waals surface area (Å²) < 4.78 is 0. The predicted molar refractivity (Wildman–Crippen MR) is 55.4 cm³/mol. The Morgan fingerprint density at radius 1 is 1.38 bits per heavy atom. The van der Waals surface area contributed by atoms with Crippen LogP contribution in [0.1, 0.15) is 18.5 Å². The van der Waals surface area contributed by atoms with Gasteiger partial charge in [0.25, 0.3) is 0 Å². The number of hydrogen-bond acceptors (Lipinski definition) is 2. The summed E-state index contributed by atoms with van der Waals surface area (Å²) in [6, 6.07) is 8.75. The molecular formula is C11H14N2. The molecule has 1 aromatic carbocycles. The molecule has 0 aromatic heterocycles. The highest BCUT2D eigenvalue weighted by Crippen LogP contribution is 2.33. The van der Waals surface area contributed by atoms with Gasteiger partial charge in [-0.2, -0.15) is 0 Å². The van der Waals surface area contributed by atoms with Crippen molar-refractivity contribution in [3.63, 3.8) is 0 Å². The fourth-order valence-corrected chi connectivity index (χ4v) is 1.66. The maximum atomic E-state index is 3.96. The van der Waals surface area contributed by atoms with Crippen molar-refractivity contribution in [1.82, 2.24) is 4.90 Å². The molecule has 13 heavy (non-hydrogen) atoms. The summed E-state index contributed by atoms with van der Waals surface area (Å²) >= 11 is 0. The third-order valence-corrected chi connectivity index (χ3v) is 2.70. The van der Waals surface area contributed by atoms with Crippen LogP contribution in [0, 0.1) is 0 Å². The highest BCUT2D eigenvalue weighted by molar-refractivity contribution is 5.58. The van der Waals surface area contributed by atoms with Gasteiger partial charge in [0.1, 0.15) is 0 Å². The standard InChI is InChI=1S/C11H14N2/c1-8-10-6-4-5-7-11(10)12-9(2)13(8)3/h4-8,12H,2H2,1,3H3. The monoisotopic (exact) mass is 174 g/mol. The van der Waals surface area contributed by atoms with Crippen LogP contribution in [0.5, 0.6) is 0 Å². The smallest absolute Gasteiger partial charge is 0.0986 e. The Hall–Kier alpha value is -1.44. The Kier molecular flexibility index (Phi) is 1.76. The van der Waals surface area contributed by atoms with E-state index in [0.29, 0.717) is 6.04 Å². The first-order chi connectivity index (χ1) is 6.20. The number of anilines is 1. The fourth-order valence-electron chi connectivity index (χ4n) is 1.66. The molecule has 1 atom stereocenters. The highest BCUT2D eigenvalue weighted by atomic mass is 15.3. The van der Waals surface area contributed by atoms with Crippen LogP contribution < -0.4 is 5.32 Å². The largest absolute Gasteiger partial charge is 0.355 e. The number of nitrogens with one attached hydrogen (secondary N) is 1. The Bertz CT molecular complexity index is 344. The molecule has 2 heteroatoms. The first-order valence-electron chi connectivity index (χ1n) is 4.48. The van der Waals surface area contributed by atoms with Crippen LogP contribution >= 0.6 is 0 Å². The van der Waals surface area contributed by atoms with Crippen LogP contribution in [0.2, 0.25) is 0 Å². The number of nitrogens with zero attached hydrogens (tertiary/aromatic N) is 1. The van der Waals surface area contributed by atoms with Gasteiger partial charge in [0, 0.05) is 12.7 Å². The van der Waals surface area contributed by atoms with Gasteiger partial charge in [-0.15, -0.1) is 0 Å². The summed E-state index contributed by atoms with van der Waals surface area (Å²) in [5.74, 6) is 0.964. The van der Waals surface area contributed by atoms with Crippen LogP contribution in [0.4, 0.5) is 5.69 Å². The minimum absolute atomic E-state index is 0.407. The summed E-state index contributed by atoms with van der Waals surface area (Å²) in [6.45, 7) is 6.14. The predicted octanol–water partition coefficient (Wildman–Crippen LogP) is 2.58. The Labute approximate surface area is 78.9 Å². The zero-order chi connectivity index (χ0) is 9.42. The molecule has 2 rings (SSSR count). The molecule has 1 aliphatic heterocycles. The molecule has 0 spiro atoms. The summed E-state index contributed by atoms with van der Waals surface area (Å²) in [5, 5.41) is 3.27. The van der Waals surface area contributed by atoms with E-state index < -0.39 is 0 Å². The van der Waals surface area contributed by atoms with E-state index in [1.165, 1.54) is 11.3 Å². The van der Waals surface area contributed by atoms with Gasteiger partial charge >= 0.3 is 0 Å². The molecule has 0 bridgehead atoms. The first-order valence-corrected chi connectivity index (χ1v) is 4.48. The summed E-state index contributed by atoms with van der Waals surface area (Å²) in [7, 11) is 2.05. The Balaban J connectivity index is 2.49. The van der Waals surface area contributed by atoms with Crippen molar-refractivity contribution in [2.75, 3.05) is 12.4 Å². The maximum Gasteiger partial charge on any atom is 0.0986 e. The van der Waals surface area contributed by atoms with E-state index in [2.05, 4.69) is 49.0 Å². The maximum absolute atomic E-state index is 3.96. The quantitative estimate of drug-likeness (QED) is 0.650. The van der Waals surface area contributed by atoms with Crippen molar-refractivity contribution in [3.8, 4) is 0 Å². The molecule has 0 aliphatic carbocycles. The molecule has 0 saturated heterocycles. The minimum atomic E-state index is 0.407. The van der Waals surface area contributed by atoms with Crippen LogP contribution in [0.3, 0.4) is 0 Å². The minimum Gasteiger partial charge on any atom is -0.355 e. The van der Waals surface area contributed by atoms with E-state index in [-0.39, 0.29) is 0 Å². The summed E-state index contributed by atoms with van der Waals surface area (Å²) in [6.07, 6.45) is 0. The number of benzene rings is 1. The topological polar surface area (TPSA) is 15.3 Å². The zero-order valence-corrected chi connectivity index (χ0v) is 8.04. The van der Waals surface area contributed by atoms with Crippen molar-refractivity contribution in [1.29, 1.82) is 0 Å². The average Bonchev–Trinajstić information content (AvgIpc) is 2.15. The van der Waals surface area contributed by atoms with E-state index in [0.717, 1.165) is 5.82 Å². The van der Waals surface area contributed by atoms with Gasteiger partial charge in [0.15, 0.2) is 0 Å². The fraction of sp³-hybridized carbons (Fsp3) is 0.273. The molecule has 1 unspecified atom stereocenters. The van der Waals surface area contributed by atoms with Crippen molar-refractivity contribution in [2.24, 2.45) is 0 Å². The van der Waals surface area contributed by atoms with Crippen LogP contribution in [-0.4, -0.2) is 11.9 Å².